The summed E-state index contributed by atoms with van der Waals surface area (Å²) in [6.07, 6.45) is 5.25. The van der Waals surface area contributed by atoms with Crippen molar-refractivity contribution in [3.05, 3.63) is 102 Å². The van der Waals surface area contributed by atoms with Crippen molar-refractivity contribution in [3.63, 3.8) is 0 Å². The third kappa shape index (κ3) is 4.55. The van der Waals surface area contributed by atoms with Crippen molar-refractivity contribution >= 4 is 28.3 Å². The zero-order chi connectivity index (χ0) is 20.1. The first kappa shape index (κ1) is 18.6. The van der Waals surface area contributed by atoms with E-state index in [1.165, 1.54) is 0 Å². The number of rotatable bonds is 6. The van der Waals surface area contributed by atoms with Crippen LogP contribution in [0.25, 0.3) is 22.6 Å². The Kier molecular flexibility index (Phi) is 5.43. The molecule has 0 fully saturated rings. The second-order valence-electron chi connectivity index (χ2n) is 6.70. The average molecular weight is 380 g/mol. The van der Waals surface area contributed by atoms with Crippen molar-refractivity contribution in [2.75, 3.05) is 0 Å². The van der Waals surface area contributed by atoms with E-state index in [4.69, 9.17) is 4.74 Å². The Morgan fingerprint density at radius 2 is 1.69 bits per heavy atom. The molecule has 4 rings (SSSR count). The third-order valence-electron chi connectivity index (χ3n) is 4.60. The van der Waals surface area contributed by atoms with E-state index in [1.54, 1.807) is 19.3 Å². The maximum Gasteiger partial charge on any atom is 0.160 e. The predicted molar refractivity (Wildman–Crippen MR) is 115 cm³/mol. The first-order valence-corrected chi connectivity index (χ1v) is 9.39. The number of ketones is 1. The highest BCUT2D eigenvalue weighted by Crippen LogP contribution is 2.21. The fourth-order valence-corrected chi connectivity index (χ4v) is 3.09. The van der Waals surface area contributed by atoms with E-state index in [2.05, 4.69) is 16.0 Å². The molecule has 2 aromatic carbocycles. The zero-order valence-electron chi connectivity index (χ0n) is 16.1. The normalized spacial score (nSPS) is 11.4. The van der Waals surface area contributed by atoms with E-state index in [9.17, 15) is 4.79 Å². The molecule has 2 heterocycles. The molecular weight excluding hydrogens is 360 g/mol. The highest BCUT2D eigenvalue weighted by molar-refractivity contribution is 6.24. The molecular formula is C25H20N2O2. The average Bonchev–Trinajstić information content (AvgIpc) is 2.77. The van der Waals surface area contributed by atoms with E-state index in [1.807, 2.05) is 72.8 Å². The van der Waals surface area contributed by atoms with Crippen molar-refractivity contribution in [1.29, 1.82) is 0 Å². The van der Waals surface area contributed by atoms with Crippen LogP contribution in [0, 0.1) is 0 Å². The summed E-state index contributed by atoms with van der Waals surface area (Å²) in [6.45, 7) is 1.97. The summed E-state index contributed by atoms with van der Waals surface area (Å²) in [7, 11) is 0. The zero-order valence-corrected chi connectivity index (χ0v) is 16.1. The molecule has 0 saturated carbocycles. The Balaban J connectivity index is 1.47. The van der Waals surface area contributed by atoms with Gasteiger partial charge in [-0.2, -0.15) is 0 Å². The SMILES string of the molecule is CC(=O)/C(=C\c1ccc(OCc2ccc3ccccc3n2)cc1)c1ccncc1. The van der Waals surface area contributed by atoms with Gasteiger partial charge in [0.2, 0.25) is 0 Å². The summed E-state index contributed by atoms with van der Waals surface area (Å²) in [4.78, 5) is 20.7. The van der Waals surface area contributed by atoms with Gasteiger partial charge in [0.25, 0.3) is 0 Å². The number of carbonyl (C=O) groups is 1. The van der Waals surface area contributed by atoms with Crippen LogP contribution >= 0.6 is 0 Å². The smallest absolute Gasteiger partial charge is 0.160 e. The van der Waals surface area contributed by atoms with Gasteiger partial charge in [0.15, 0.2) is 5.78 Å². The monoisotopic (exact) mass is 380 g/mol. The maximum atomic E-state index is 12.0. The van der Waals surface area contributed by atoms with E-state index >= 15 is 0 Å². The summed E-state index contributed by atoms with van der Waals surface area (Å²) >= 11 is 0. The Labute approximate surface area is 169 Å². The topological polar surface area (TPSA) is 52.1 Å². The van der Waals surface area contributed by atoms with Crippen LogP contribution in [0.2, 0.25) is 0 Å². The Bertz CT molecular complexity index is 1170. The first-order chi connectivity index (χ1) is 14.2. The molecule has 0 bridgehead atoms. The van der Waals surface area contributed by atoms with Crippen molar-refractivity contribution in [2.45, 2.75) is 13.5 Å². The molecule has 0 aliphatic heterocycles. The lowest BCUT2D eigenvalue weighted by atomic mass is 10.0. The van der Waals surface area contributed by atoms with Crippen LogP contribution in [0.4, 0.5) is 0 Å². The molecule has 0 aliphatic carbocycles. The number of allylic oxidation sites excluding steroid dienone is 1. The number of pyridine rings is 2. The summed E-state index contributed by atoms with van der Waals surface area (Å²) in [6, 6.07) is 23.4. The number of Topliss-reactive ketones (excluding diaryl/α,β-unsaturated/α-hetero) is 1. The van der Waals surface area contributed by atoms with Crippen molar-refractivity contribution < 1.29 is 9.53 Å². The molecule has 29 heavy (non-hydrogen) atoms. The van der Waals surface area contributed by atoms with Crippen molar-refractivity contribution in [1.82, 2.24) is 9.97 Å². The summed E-state index contributed by atoms with van der Waals surface area (Å²) in [5.41, 5.74) is 4.28. The largest absolute Gasteiger partial charge is 0.487 e. The first-order valence-electron chi connectivity index (χ1n) is 9.39. The van der Waals surface area contributed by atoms with Crippen LogP contribution in [0.1, 0.15) is 23.7 Å². The van der Waals surface area contributed by atoms with Crippen LogP contribution < -0.4 is 4.74 Å². The molecule has 4 nitrogen and oxygen atoms in total. The van der Waals surface area contributed by atoms with Gasteiger partial charge in [-0.15, -0.1) is 0 Å². The molecule has 4 heteroatoms. The Hall–Kier alpha value is -3.79. The fourth-order valence-electron chi connectivity index (χ4n) is 3.09. The lowest BCUT2D eigenvalue weighted by molar-refractivity contribution is -0.111. The molecule has 2 aromatic heterocycles. The maximum absolute atomic E-state index is 12.0. The third-order valence-corrected chi connectivity index (χ3v) is 4.60. The molecule has 142 valence electrons. The molecule has 0 atom stereocenters. The molecule has 0 aliphatic rings. The Morgan fingerprint density at radius 1 is 0.931 bits per heavy atom. The molecule has 0 saturated heterocycles. The number of fused-ring (bicyclic) bond motifs is 1. The highest BCUT2D eigenvalue weighted by Gasteiger charge is 2.07. The number of nitrogens with zero attached hydrogens (tertiary/aromatic N) is 2. The molecule has 0 N–H and O–H groups in total. The molecule has 0 radical (unpaired) electrons. The van der Waals surface area contributed by atoms with Crippen molar-refractivity contribution in [2.24, 2.45) is 0 Å². The number of para-hydroxylation sites is 1. The van der Waals surface area contributed by atoms with Gasteiger partial charge in [-0.25, -0.2) is 4.98 Å². The summed E-state index contributed by atoms with van der Waals surface area (Å²) < 4.78 is 5.87. The van der Waals surface area contributed by atoms with E-state index in [-0.39, 0.29) is 5.78 Å². The van der Waals surface area contributed by atoms with E-state index in [0.717, 1.165) is 33.5 Å². The van der Waals surface area contributed by atoms with Crippen LogP contribution in [0.5, 0.6) is 5.75 Å². The fraction of sp³-hybridized carbons (Fsp3) is 0.0800. The number of benzene rings is 2. The van der Waals surface area contributed by atoms with Crippen molar-refractivity contribution in [3.8, 4) is 5.75 Å². The quantitative estimate of drug-likeness (QED) is 0.424. The van der Waals surface area contributed by atoms with Gasteiger partial charge < -0.3 is 4.74 Å². The second-order valence-corrected chi connectivity index (χ2v) is 6.70. The van der Waals surface area contributed by atoms with E-state index < -0.39 is 0 Å². The molecule has 4 aromatic rings. The number of hydrogen-bond acceptors (Lipinski definition) is 4. The molecule has 0 amide bonds. The summed E-state index contributed by atoms with van der Waals surface area (Å²) in [5.74, 6) is 0.768. The van der Waals surface area contributed by atoms with Gasteiger partial charge in [-0.3, -0.25) is 9.78 Å². The lowest BCUT2D eigenvalue weighted by Gasteiger charge is -2.08. The highest BCUT2D eigenvalue weighted by atomic mass is 16.5. The Morgan fingerprint density at radius 3 is 2.45 bits per heavy atom. The molecule has 0 unspecified atom stereocenters. The van der Waals surface area contributed by atoms with Gasteiger partial charge in [0, 0.05) is 23.4 Å². The van der Waals surface area contributed by atoms with Crippen LogP contribution in [-0.4, -0.2) is 15.8 Å². The lowest BCUT2D eigenvalue weighted by Crippen LogP contribution is -1.98. The number of hydrogen-bond donors (Lipinski definition) is 0. The minimum absolute atomic E-state index is 0.0129. The van der Waals surface area contributed by atoms with E-state index in [0.29, 0.717) is 12.2 Å². The minimum atomic E-state index is 0.0129. The standard InChI is InChI=1S/C25H20N2O2/c1-18(28)24(20-12-14-26-15-13-20)16-19-6-10-23(11-7-19)29-17-22-9-8-21-4-2-3-5-25(21)27-22/h2-16H,17H2,1H3/b24-16+. The van der Waals surface area contributed by atoms with Crippen LogP contribution in [-0.2, 0) is 11.4 Å². The van der Waals surface area contributed by atoms with Gasteiger partial charge in [0.05, 0.1) is 11.2 Å². The number of aromatic nitrogens is 2. The van der Waals surface area contributed by atoms with Gasteiger partial charge in [-0.1, -0.05) is 36.4 Å². The summed E-state index contributed by atoms with van der Waals surface area (Å²) in [5, 5.41) is 1.11. The van der Waals surface area contributed by atoms with Gasteiger partial charge in [-0.05, 0) is 60.5 Å². The number of carbonyl (C=O) groups excluding carboxylic acids is 1. The van der Waals surface area contributed by atoms with Crippen LogP contribution in [0.15, 0.2) is 85.2 Å². The predicted octanol–water partition coefficient (Wildman–Crippen LogP) is 5.34. The van der Waals surface area contributed by atoms with Gasteiger partial charge in [0.1, 0.15) is 12.4 Å². The molecule has 0 spiro atoms. The minimum Gasteiger partial charge on any atom is -0.487 e. The van der Waals surface area contributed by atoms with Crippen LogP contribution in [0.3, 0.4) is 0 Å². The number of ether oxygens (including phenoxy) is 1. The van der Waals surface area contributed by atoms with Gasteiger partial charge >= 0.3 is 0 Å². The second kappa shape index (κ2) is 8.48.